The van der Waals surface area contributed by atoms with Crippen LogP contribution < -0.4 is 0 Å². The summed E-state index contributed by atoms with van der Waals surface area (Å²) in [6, 6.07) is 0. The SMILES string of the molecule is CC(C)CC1(C(=O)O)CC=CC(C)(C(=O)O)C1. The van der Waals surface area contributed by atoms with Crippen LogP contribution in [0.2, 0.25) is 0 Å². The molecule has 0 aromatic carbocycles. The van der Waals surface area contributed by atoms with Crippen LogP contribution in [0.25, 0.3) is 0 Å². The smallest absolute Gasteiger partial charge is 0.313 e. The molecule has 0 heterocycles. The van der Waals surface area contributed by atoms with E-state index in [9.17, 15) is 19.8 Å². The molecule has 1 aliphatic rings. The topological polar surface area (TPSA) is 74.6 Å². The lowest BCUT2D eigenvalue weighted by Crippen LogP contribution is -2.42. The number of aliphatic carboxylic acids is 2. The average Bonchev–Trinajstić information content (AvgIpc) is 2.16. The van der Waals surface area contributed by atoms with Crippen LogP contribution in [0.3, 0.4) is 0 Å². The van der Waals surface area contributed by atoms with E-state index in [-0.39, 0.29) is 12.3 Å². The van der Waals surface area contributed by atoms with Gasteiger partial charge in [0.1, 0.15) is 0 Å². The van der Waals surface area contributed by atoms with Crippen molar-refractivity contribution in [2.45, 2.75) is 40.0 Å². The van der Waals surface area contributed by atoms with Gasteiger partial charge in [-0.25, -0.2) is 0 Å². The highest BCUT2D eigenvalue weighted by molar-refractivity contribution is 5.81. The Morgan fingerprint density at radius 2 is 1.88 bits per heavy atom. The fourth-order valence-corrected chi connectivity index (χ4v) is 2.71. The molecule has 0 spiro atoms. The first kappa shape index (κ1) is 13.7. The third-order valence-corrected chi connectivity index (χ3v) is 3.44. The molecule has 4 nitrogen and oxygen atoms in total. The molecule has 0 fully saturated rings. The Balaban J connectivity index is 3.07. The molecule has 0 aliphatic heterocycles. The number of carbonyl (C=O) groups is 2. The van der Waals surface area contributed by atoms with Crippen LogP contribution >= 0.6 is 0 Å². The molecule has 0 saturated heterocycles. The zero-order valence-corrected chi connectivity index (χ0v) is 10.6. The molecule has 0 amide bonds. The predicted octanol–water partition coefficient (Wildman–Crippen LogP) is 2.54. The summed E-state index contributed by atoms with van der Waals surface area (Å²) >= 11 is 0. The van der Waals surface area contributed by atoms with E-state index < -0.39 is 22.8 Å². The maximum absolute atomic E-state index is 11.5. The second kappa shape index (κ2) is 4.51. The lowest BCUT2D eigenvalue weighted by Gasteiger charge is -2.39. The van der Waals surface area contributed by atoms with E-state index in [0.29, 0.717) is 12.8 Å². The number of hydrogen-bond acceptors (Lipinski definition) is 2. The quantitative estimate of drug-likeness (QED) is 0.740. The van der Waals surface area contributed by atoms with Gasteiger partial charge in [0.05, 0.1) is 10.8 Å². The van der Waals surface area contributed by atoms with E-state index in [1.807, 2.05) is 13.8 Å². The molecule has 1 rings (SSSR count). The van der Waals surface area contributed by atoms with Gasteiger partial charge in [-0.2, -0.15) is 0 Å². The molecule has 2 N–H and O–H groups in total. The van der Waals surface area contributed by atoms with Crippen molar-refractivity contribution < 1.29 is 19.8 Å². The van der Waals surface area contributed by atoms with Gasteiger partial charge in [0.15, 0.2) is 0 Å². The molecular formula is C13H20O4. The number of carboxylic acid groups (broad SMARTS) is 2. The van der Waals surface area contributed by atoms with Gasteiger partial charge in [-0.3, -0.25) is 9.59 Å². The van der Waals surface area contributed by atoms with Crippen molar-refractivity contribution in [3.05, 3.63) is 12.2 Å². The second-order valence-electron chi connectivity index (χ2n) is 5.69. The highest BCUT2D eigenvalue weighted by Gasteiger charge is 2.48. The van der Waals surface area contributed by atoms with Gasteiger partial charge in [0.2, 0.25) is 0 Å². The van der Waals surface area contributed by atoms with Crippen molar-refractivity contribution in [2.24, 2.45) is 16.7 Å². The minimum atomic E-state index is -1.06. The fourth-order valence-electron chi connectivity index (χ4n) is 2.71. The molecule has 0 bridgehead atoms. The van der Waals surface area contributed by atoms with E-state index in [2.05, 4.69) is 0 Å². The normalized spacial score (nSPS) is 32.7. The maximum atomic E-state index is 11.5. The molecule has 0 saturated carbocycles. The molecule has 96 valence electrons. The van der Waals surface area contributed by atoms with E-state index >= 15 is 0 Å². The first-order valence-corrected chi connectivity index (χ1v) is 5.86. The van der Waals surface area contributed by atoms with Crippen molar-refractivity contribution in [1.29, 1.82) is 0 Å². The molecular weight excluding hydrogens is 220 g/mol. The van der Waals surface area contributed by atoms with Gasteiger partial charge in [-0.1, -0.05) is 26.0 Å². The van der Waals surface area contributed by atoms with Gasteiger partial charge in [-0.05, 0) is 32.1 Å². The average molecular weight is 240 g/mol. The van der Waals surface area contributed by atoms with Crippen molar-refractivity contribution in [3.63, 3.8) is 0 Å². The van der Waals surface area contributed by atoms with Gasteiger partial charge >= 0.3 is 11.9 Å². The Morgan fingerprint density at radius 3 is 2.29 bits per heavy atom. The summed E-state index contributed by atoms with van der Waals surface area (Å²) in [4.78, 5) is 22.7. The summed E-state index contributed by atoms with van der Waals surface area (Å²) < 4.78 is 0. The molecule has 4 heteroatoms. The second-order valence-corrected chi connectivity index (χ2v) is 5.69. The highest BCUT2D eigenvalue weighted by atomic mass is 16.4. The fraction of sp³-hybridized carbons (Fsp3) is 0.692. The number of allylic oxidation sites excluding steroid dienone is 1. The van der Waals surface area contributed by atoms with Crippen molar-refractivity contribution in [3.8, 4) is 0 Å². The Labute approximate surface area is 101 Å². The van der Waals surface area contributed by atoms with E-state index in [4.69, 9.17) is 0 Å². The van der Waals surface area contributed by atoms with Crippen LogP contribution in [0, 0.1) is 16.7 Å². The summed E-state index contributed by atoms with van der Waals surface area (Å²) in [5.41, 5.74) is -2.00. The molecule has 2 unspecified atom stereocenters. The van der Waals surface area contributed by atoms with E-state index in [1.165, 1.54) is 0 Å². The van der Waals surface area contributed by atoms with Gasteiger partial charge in [0.25, 0.3) is 0 Å². The minimum absolute atomic E-state index is 0.166. The third-order valence-electron chi connectivity index (χ3n) is 3.44. The number of carboxylic acids is 2. The molecule has 1 aliphatic carbocycles. The lowest BCUT2D eigenvalue weighted by atomic mass is 9.63. The van der Waals surface area contributed by atoms with Crippen LogP contribution in [-0.4, -0.2) is 22.2 Å². The number of rotatable bonds is 4. The zero-order chi connectivity index (χ0) is 13.3. The molecule has 0 radical (unpaired) electrons. The Bertz CT molecular complexity index is 358. The van der Waals surface area contributed by atoms with E-state index in [0.717, 1.165) is 0 Å². The monoisotopic (exact) mass is 240 g/mol. The molecule has 17 heavy (non-hydrogen) atoms. The van der Waals surface area contributed by atoms with E-state index in [1.54, 1.807) is 19.1 Å². The summed E-state index contributed by atoms with van der Waals surface area (Å²) in [6.07, 6.45) is 4.42. The largest absolute Gasteiger partial charge is 0.481 e. The summed E-state index contributed by atoms with van der Waals surface area (Å²) in [5.74, 6) is -1.61. The highest BCUT2D eigenvalue weighted by Crippen LogP contribution is 2.46. The lowest BCUT2D eigenvalue weighted by molar-refractivity contribution is -0.156. The van der Waals surface area contributed by atoms with Crippen LogP contribution in [0.1, 0.15) is 40.0 Å². The molecule has 0 aromatic heterocycles. The maximum Gasteiger partial charge on any atom is 0.313 e. The summed E-state index contributed by atoms with van der Waals surface area (Å²) in [5, 5.41) is 18.6. The third kappa shape index (κ3) is 2.68. The first-order chi connectivity index (χ1) is 7.72. The van der Waals surface area contributed by atoms with Crippen molar-refractivity contribution >= 4 is 11.9 Å². The Hall–Kier alpha value is -1.32. The summed E-state index contributed by atoms with van der Waals surface area (Å²) in [6.45, 7) is 5.51. The molecule has 0 aromatic rings. The van der Waals surface area contributed by atoms with Gasteiger partial charge < -0.3 is 10.2 Å². The van der Waals surface area contributed by atoms with Crippen LogP contribution in [0.15, 0.2) is 12.2 Å². The minimum Gasteiger partial charge on any atom is -0.481 e. The zero-order valence-electron chi connectivity index (χ0n) is 10.6. The molecule has 2 atom stereocenters. The Kier molecular flexibility index (Phi) is 3.65. The van der Waals surface area contributed by atoms with Crippen molar-refractivity contribution in [2.75, 3.05) is 0 Å². The van der Waals surface area contributed by atoms with Crippen LogP contribution in [-0.2, 0) is 9.59 Å². The van der Waals surface area contributed by atoms with Crippen molar-refractivity contribution in [1.82, 2.24) is 0 Å². The van der Waals surface area contributed by atoms with Gasteiger partial charge in [-0.15, -0.1) is 0 Å². The van der Waals surface area contributed by atoms with Crippen LogP contribution in [0.5, 0.6) is 0 Å². The first-order valence-electron chi connectivity index (χ1n) is 5.86. The van der Waals surface area contributed by atoms with Crippen LogP contribution in [0.4, 0.5) is 0 Å². The predicted molar refractivity (Wildman–Crippen MR) is 63.6 cm³/mol. The number of hydrogen-bond donors (Lipinski definition) is 2. The Morgan fingerprint density at radius 1 is 1.29 bits per heavy atom. The van der Waals surface area contributed by atoms with Gasteiger partial charge in [0, 0.05) is 0 Å². The standard InChI is InChI=1S/C13H20O4/c1-9(2)7-13(11(16)17)6-4-5-12(3,8-13)10(14)15/h4-5,9H,6-8H2,1-3H3,(H,14,15)(H,16,17). The summed E-state index contributed by atoms with van der Waals surface area (Å²) in [7, 11) is 0.